The van der Waals surface area contributed by atoms with Gasteiger partial charge in [0.05, 0.1) is 32.8 Å². The van der Waals surface area contributed by atoms with Gasteiger partial charge >= 0.3 is 42.2 Å². The number of carboxylic acid groups (broad SMARTS) is 1. The van der Waals surface area contributed by atoms with E-state index in [1.807, 2.05) is 96.1 Å². The molecule has 87 heavy (non-hydrogen) atoms. The number of aliphatic hydroxyl groups is 1. The van der Waals surface area contributed by atoms with E-state index in [1.165, 1.54) is 24.9 Å². The average Bonchev–Trinajstić information content (AvgIpc) is 4.14. The minimum Gasteiger partial charge on any atom is -0.478 e. The molecule has 4 aromatic heterocycles. The number of nitrogens with zero attached hydrogens (tertiary/aromatic N) is 8. The first kappa shape index (κ1) is 69.6. The number of aliphatic carboxylic acids is 1. The normalized spacial score (nSPS) is 12.2. The number of carbonyl (C=O) groups is 7. The molecular weight excluding hydrogens is 1130 g/mol. The summed E-state index contributed by atoms with van der Waals surface area (Å²) in [5, 5.41) is 42.5. The third kappa shape index (κ3) is 25.1. The molecule has 4 atom stereocenters. The summed E-state index contributed by atoms with van der Waals surface area (Å²) in [6, 6.07) is 23.8. The second-order valence-corrected chi connectivity index (χ2v) is 21.4. The lowest BCUT2D eigenvalue weighted by atomic mass is 10.1. The van der Waals surface area contributed by atoms with Crippen molar-refractivity contribution in [2.45, 2.75) is 152 Å². The van der Waals surface area contributed by atoms with Crippen molar-refractivity contribution >= 4 is 59.2 Å². The fraction of sp³-hybridized carbons (Fsp3) is 0.393. The van der Waals surface area contributed by atoms with Crippen LogP contribution in [0.1, 0.15) is 81.8 Å². The molecule has 5 N–H and O–H groups in total. The number of aryl methyl sites for hydroxylation is 6. The molecule has 0 aliphatic heterocycles. The van der Waals surface area contributed by atoms with Crippen LogP contribution in [-0.2, 0) is 73.8 Å². The number of carbonyl (C=O) groups excluding carboxylic acids is 6. The number of carboxylic acids is 1. The third-order valence-corrected chi connectivity index (χ3v) is 11.7. The minimum atomic E-state index is -1.32. The predicted octanol–water partition coefficient (Wildman–Crippen LogP) is 8.93. The first-order valence-corrected chi connectivity index (χ1v) is 27.6. The van der Waals surface area contributed by atoms with Crippen molar-refractivity contribution in [3.8, 4) is 0 Å². The van der Waals surface area contributed by atoms with E-state index < -0.39 is 77.8 Å². The van der Waals surface area contributed by atoms with Crippen LogP contribution in [0.25, 0.3) is 0 Å². The van der Waals surface area contributed by atoms with E-state index in [0.29, 0.717) is 17.1 Å². The molecule has 0 radical (unpaired) electrons. The number of amides is 3. The van der Waals surface area contributed by atoms with Gasteiger partial charge in [-0.2, -0.15) is 20.4 Å². The second kappa shape index (κ2) is 33.6. The molecule has 4 heterocycles. The van der Waals surface area contributed by atoms with Crippen LogP contribution >= 0.6 is 0 Å². The van der Waals surface area contributed by atoms with Gasteiger partial charge in [0.1, 0.15) is 11.2 Å². The molecule has 468 valence electrons. The van der Waals surface area contributed by atoms with E-state index in [0.717, 1.165) is 33.4 Å². The lowest BCUT2D eigenvalue weighted by Gasteiger charge is -2.24. The Morgan fingerprint density at radius 3 is 1.02 bits per heavy atom. The summed E-state index contributed by atoms with van der Waals surface area (Å²) in [6.45, 7) is 23.9. The maximum atomic E-state index is 12.4. The minimum absolute atomic E-state index is 0.0531. The number of para-hydroxylation sites is 3. The van der Waals surface area contributed by atoms with Crippen LogP contribution in [0.3, 0.4) is 0 Å². The van der Waals surface area contributed by atoms with Crippen molar-refractivity contribution in [2.75, 3.05) is 22.6 Å². The van der Waals surface area contributed by atoms with Crippen LogP contribution in [0.15, 0.2) is 128 Å². The summed E-state index contributed by atoms with van der Waals surface area (Å²) in [5.74, 6) is -3.08. The first-order chi connectivity index (χ1) is 41.0. The number of hydrogen-bond acceptors (Lipinski definition) is 18. The van der Waals surface area contributed by atoms with Crippen molar-refractivity contribution in [1.82, 2.24) is 39.1 Å². The molecule has 0 bridgehead atoms. The fourth-order valence-corrected chi connectivity index (χ4v) is 7.67. The molecule has 26 nitrogen and oxygen atoms in total. The number of aromatic nitrogens is 8. The Bertz CT molecular complexity index is 3240. The number of benzene rings is 3. The average molecular weight is 1210 g/mol. The van der Waals surface area contributed by atoms with E-state index in [2.05, 4.69) is 36.3 Å². The monoisotopic (exact) mass is 1210 g/mol. The van der Waals surface area contributed by atoms with E-state index in [-0.39, 0.29) is 32.8 Å². The Balaban J connectivity index is 0.000000252. The zero-order valence-corrected chi connectivity index (χ0v) is 51.2. The Morgan fingerprint density at radius 1 is 0.448 bits per heavy atom. The van der Waals surface area contributed by atoms with Gasteiger partial charge in [-0.3, -0.25) is 34.7 Å². The Hall–Kier alpha value is -9.85. The van der Waals surface area contributed by atoms with Gasteiger partial charge in [0.15, 0.2) is 6.10 Å². The third-order valence-electron chi connectivity index (χ3n) is 11.7. The summed E-state index contributed by atoms with van der Waals surface area (Å²) >= 11 is 0. The standard InChI is InChI=1S/C19H25N3O4.C17H21N3O4.C15H17N3O4.C10H16N2O3/c1-13-8-6-9-14(2)16(13)21-18(24)25-15(12-22-11-7-10-20-22)17(23)26-19(3,4)5;1-4-23-16(21)14(11-20-10-6-9-18-20)24-17(22)19-15-12(2)7-5-8-13(15)3;1-10-5-3-6-11(2)13(10)17-15(21)22-12(14(19)20)9-18-8-4-7-16-18;1-10(2,3)15-9(14)8(13)7-12-6-4-5-11-12/h6-11,15H,12H2,1-5H3,(H,21,24);5-10,14H,4,11H2,1-3H3,(H,19,22);3-8,12H,9H2,1-2H3,(H,17,21)(H,19,20);4-6,8,13H,7H2,1-3H3. The largest absolute Gasteiger partial charge is 0.478 e. The molecule has 0 spiro atoms. The molecule has 0 fully saturated rings. The summed E-state index contributed by atoms with van der Waals surface area (Å²) in [7, 11) is 0. The van der Waals surface area contributed by atoms with E-state index in [4.69, 9.17) is 33.5 Å². The highest BCUT2D eigenvalue weighted by atomic mass is 16.6. The van der Waals surface area contributed by atoms with E-state index >= 15 is 0 Å². The summed E-state index contributed by atoms with van der Waals surface area (Å²) < 4.78 is 36.9. The molecular formula is C61H79N11O15. The zero-order chi connectivity index (χ0) is 64.4. The van der Waals surface area contributed by atoms with Crippen LogP contribution in [0.4, 0.5) is 31.4 Å². The lowest BCUT2D eigenvalue weighted by molar-refractivity contribution is -0.166. The van der Waals surface area contributed by atoms with Gasteiger partial charge in [-0.1, -0.05) is 54.6 Å². The lowest BCUT2D eigenvalue weighted by Crippen LogP contribution is -2.38. The summed E-state index contributed by atoms with van der Waals surface area (Å²) in [6.07, 6.45) is 6.00. The quantitative estimate of drug-likeness (QED) is 0.0372. The number of aliphatic hydroxyl groups excluding tert-OH is 1. The first-order valence-electron chi connectivity index (χ1n) is 27.6. The molecule has 0 aliphatic rings. The Labute approximate surface area is 505 Å². The molecule has 3 aromatic carbocycles. The Morgan fingerprint density at radius 2 is 0.736 bits per heavy atom. The molecule has 0 aliphatic carbocycles. The molecule has 7 rings (SSSR count). The van der Waals surface area contributed by atoms with Gasteiger partial charge < -0.3 is 38.6 Å². The van der Waals surface area contributed by atoms with Crippen molar-refractivity contribution in [3.05, 3.63) is 162 Å². The van der Waals surface area contributed by atoms with E-state index in [1.54, 1.807) is 116 Å². The highest BCUT2D eigenvalue weighted by Crippen LogP contribution is 2.23. The fourth-order valence-electron chi connectivity index (χ4n) is 7.67. The maximum Gasteiger partial charge on any atom is 0.412 e. The number of ether oxygens (including phenoxy) is 6. The van der Waals surface area contributed by atoms with Gasteiger partial charge in [0.2, 0.25) is 18.3 Å². The topological polar surface area (TPSA) is 323 Å². The van der Waals surface area contributed by atoms with Crippen LogP contribution in [0, 0.1) is 41.5 Å². The second-order valence-electron chi connectivity index (χ2n) is 21.4. The van der Waals surface area contributed by atoms with Crippen LogP contribution < -0.4 is 16.0 Å². The maximum absolute atomic E-state index is 12.4. The van der Waals surface area contributed by atoms with Crippen LogP contribution in [0.5, 0.6) is 0 Å². The SMILES string of the molecule is CC(C)(C)OC(=O)C(O)Cn1cccn1.CCOC(=O)C(Cn1cccn1)OC(=O)Nc1c(C)cccc1C.Cc1cccc(C)c1NC(=O)OC(Cn1cccn1)C(=O)O.Cc1cccc(C)c1NC(=O)OC(Cn1cccn1)C(=O)OC(C)(C)C. The van der Waals surface area contributed by atoms with Crippen LogP contribution in [-0.4, -0.2) is 134 Å². The smallest absolute Gasteiger partial charge is 0.412 e. The molecule has 26 heteroatoms. The predicted molar refractivity (Wildman–Crippen MR) is 320 cm³/mol. The Kier molecular flexibility index (Phi) is 26.9. The van der Waals surface area contributed by atoms with E-state index in [9.17, 15) is 38.7 Å². The van der Waals surface area contributed by atoms with Crippen molar-refractivity contribution in [2.24, 2.45) is 0 Å². The zero-order valence-electron chi connectivity index (χ0n) is 51.2. The summed E-state index contributed by atoms with van der Waals surface area (Å²) in [5.41, 5.74) is 6.06. The van der Waals surface area contributed by atoms with Crippen molar-refractivity contribution in [1.29, 1.82) is 0 Å². The highest BCUT2D eigenvalue weighted by molar-refractivity contribution is 5.90. The van der Waals surface area contributed by atoms with Crippen LogP contribution in [0.2, 0.25) is 0 Å². The van der Waals surface area contributed by atoms with Gasteiger partial charge in [0, 0.05) is 66.6 Å². The molecule has 3 amide bonds. The highest BCUT2D eigenvalue weighted by Gasteiger charge is 2.31. The van der Waals surface area contributed by atoms with Gasteiger partial charge in [-0.15, -0.1) is 0 Å². The number of anilines is 3. The van der Waals surface area contributed by atoms with Crippen molar-refractivity contribution < 1.29 is 72.2 Å². The summed E-state index contributed by atoms with van der Waals surface area (Å²) in [4.78, 5) is 83.5. The number of nitrogens with one attached hydrogen (secondary N) is 3. The molecule has 0 saturated heterocycles. The van der Waals surface area contributed by atoms with Gasteiger partial charge in [0.25, 0.3) is 0 Å². The van der Waals surface area contributed by atoms with Gasteiger partial charge in [-0.25, -0.2) is 33.6 Å². The molecule has 4 unspecified atom stereocenters. The molecule has 0 saturated carbocycles. The number of esters is 3. The molecule has 7 aromatic rings. The number of hydrogen-bond donors (Lipinski definition) is 5. The number of rotatable bonds is 19. The van der Waals surface area contributed by atoms with Gasteiger partial charge in [-0.05, 0) is 148 Å². The van der Waals surface area contributed by atoms with Crippen molar-refractivity contribution in [3.63, 3.8) is 0 Å².